The summed E-state index contributed by atoms with van der Waals surface area (Å²) in [5.41, 5.74) is 0.554. The molecule has 0 bridgehead atoms. The highest BCUT2D eigenvalue weighted by Crippen LogP contribution is 2.33. The fraction of sp³-hybridized carbons (Fsp3) is 0.176. The second-order valence-corrected chi connectivity index (χ2v) is 6.46. The Labute approximate surface area is 152 Å². The van der Waals surface area contributed by atoms with Gasteiger partial charge < -0.3 is 10.2 Å². The lowest BCUT2D eigenvalue weighted by molar-refractivity contribution is -0.122. The van der Waals surface area contributed by atoms with Crippen LogP contribution in [0.4, 0.5) is 20.2 Å². The Kier molecular flexibility index (Phi) is 4.92. The van der Waals surface area contributed by atoms with Gasteiger partial charge in [-0.05, 0) is 30.3 Å². The Hall–Kier alpha value is -2.18. The van der Waals surface area contributed by atoms with Crippen molar-refractivity contribution in [2.45, 2.75) is 6.42 Å². The molecule has 1 saturated heterocycles. The maximum atomic E-state index is 13.2. The smallest absolute Gasteiger partial charge is 0.229 e. The molecule has 130 valence electrons. The van der Waals surface area contributed by atoms with E-state index in [-0.39, 0.29) is 24.6 Å². The second kappa shape index (κ2) is 6.98. The maximum Gasteiger partial charge on any atom is 0.229 e. The number of halogens is 4. The lowest BCUT2D eigenvalue weighted by Crippen LogP contribution is -2.28. The van der Waals surface area contributed by atoms with E-state index in [1.54, 1.807) is 18.2 Å². The Morgan fingerprint density at radius 3 is 2.60 bits per heavy atom. The lowest BCUT2D eigenvalue weighted by atomic mass is 10.1. The molecule has 1 aliphatic heterocycles. The van der Waals surface area contributed by atoms with Crippen LogP contribution in [0.3, 0.4) is 0 Å². The van der Waals surface area contributed by atoms with Crippen molar-refractivity contribution in [3.63, 3.8) is 0 Å². The number of anilines is 2. The number of benzene rings is 2. The van der Waals surface area contributed by atoms with Crippen molar-refractivity contribution >= 4 is 46.4 Å². The van der Waals surface area contributed by atoms with Gasteiger partial charge in [-0.15, -0.1) is 0 Å². The average molecular weight is 385 g/mol. The molecule has 1 N–H and O–H groups in total. The molecule has 3 rings (SSSR count). The minimum atomic E-state index is -1.06. The molecule has 1 unspecified atom stereocenters. The fourth-order valence-electron chi connectivity index (χ4n) is 2.63. The van der Waals surface area contributed by atoms with Gasteiger partial charge in [-0.2, -0.15) is 0 Å². The normalized spacial score (nSPS) is 17.0. The van der Waals surface area contributed by atoms with E-state index in [4.69, 9.17) is 23.2 Å². The van der Waals surface area contributed by atoms with Gasteiger partial charge in [0, 0.05) is 29.7 Å². The van der Waals surface area contributed by atoms with Crippen LogP contribution in [0.5, 0.6) is 0 Å². The second-order valence-electron chi connectivity index (χ2n) is 5.62. The van der Waals surface area contributed by atoms with E-state index < -0.39 is 23.5 Å². The summed E-state index contributed by atoms with van der Waals surface area (Å²) in [5, 5.41) is 3.25. The number of carbonyl (C=O) groups excluding carboxylic acids is 2. The third-order valence-electron chi connectivity index (χ3n) is 3.88. The van der Waals surface area contributed by atoms with Crippen molar-refractivity contribution in [1.82, 2.24) is 0 Å². The van der Waals surface area contributed by atoms with Crippen LogP contribution in [0, 0.1) is 17.6 Å². The molecule has 0 aromatic heterocycles. The Morgan fingerprint density at radius 1 is 1.12 bits per heavy atom. The van der Waals surface area contributed by atoms with E-state index >= 15 is 0 Å². The maximum absolute atomic E-state index is 13.2. The SMILES string of the molecule is O=C(Nc1ccc(F)c(F)c1)C1CC(=O)N(c2cc(Cl)ccc2Cl)C1. The molecule has 25 heavy (non-hydrogen) atoms. The van der Waals surface area contributed by atoms with Crippen LogP contribution in [-0.4, -0.2) is 18.4 Å². The van der Waals surface area contributed by atoms with Crippen LogP contribution in [0.1, 0.15) is 6.42 Å². The third kappa shape index (κ3) is 3.75. The number of rotatable bonds is 3. The summed E-state index contributed by atoms with van der Waals surface area (Å²) in [7, 11) is 0. The van der Waals surface area contributed by atoms with Gasteiger partial charge in [0.15, 0.2) is 11.6 Å². The van der Waals surface area contributed by atoms with E-state index in [1.807, 2.05) is 0 Å². The predicted octanol–water partition coefficient (Wildman–Crippen LogP) is 4.26. The molecule has 1 fully saturated rings. The Balaban J connectivity index is 1.74. The first-order chi connectivity index (χ1) is 11.8. The van der Waals surface area contributed by atoms with E-state index in [9.17, 15) is 18.4 Å². The molecular formula is C17H12Cl2F2N2O2. The van der Waals surface area contributed by atoms with Gasteiger partial charge >= 0.3 is 0 Å². The van der Waals surface area contributed by atoms with Crippen molar-refractivity contribution in [3.8, 4) is 0 Å². The number of nitrogens with one attached hydrogen (secondary N) is 1. The molecular weight excluding hydrogens is 373 g/mol. The highest BCUT2D eigenvalue weighted by atomic mass is 35.5. The summed E-state index contributed by atoms with van der Waals surface area (Å²) >= 11 is 12.0. The molecule has 1 heterocycles. The van der Waals surface area contributed by atoms with Gasteiger partial charge in [-0.1, -0.05) is 23.2 Å². The van der Waals surface area contributed by atoms with Crippen molar-refractivity contribution in [2.75, 3.05) is 16.8 Å². The third-order valence-corrected chi connectivity index (χ3v) is 4.44. The quantitative estimate of drug-likeness (QED) is 0.858. The van der Waals surface area contributed by atoms with Crippen LogP contribution in [0.15, 0.2) is 36.4 Å². The molecule has 0 aliphatic carbocycles. The molecule has 0 spiro atoms. The zero-order valence-corrected chi connectivity index (χ0v) is 14.2. The van der Waals surface area contributed by atoms with Crippen molar-refractivity contribution in [1.29, 1.82) is 0 Å². The Morgan fingerprint density at radius 2 is 1.88 bits per heavy atom. The van der Waals surface area contributed by atoms with E-state index in [1.165, 1.54) is 11.0 Å². The summed E-state index contributed by atoms with van der Waals surface area (Å²) in [4.78, 5) is 26.0. The van der Waals surface area contributed by atoms with Gasteiger partial charge in [0.1, 0.15) is 0 Å². The molecule has 2 aromatic carbocycles. The van der Waals surface area contributed by atoms with Crippen molar-refractivity contribution in [2.24, 2.45) is 5.92 Å². The van der Waals surface area contributed by atoms with Crippen LogP contribution in [0.25, 0.3) is 0 Å². The van der Waals surface area contributed by atoms with Crippen LogP contribution < -0.4 is 10.2 Å². The van der Waals surface area contributed by atoms with Gasteiger partial charge in [0.2, 0.25) is 11.8 Å². The standard InChI is InChI=1S/C17H12Cl2F2N2O2/c18-10-1-3-12(19)15(6-10)23-8-9(5-16(23)24)17(25)22-11-2-4-13(20)14(21)7-11/h1-4,6-7,9H,5,8H2,(H,22,25). The van der Waals surface area contributed by atoms with Crippen molar-refractivity contribution in [3.05, 3.63) is 58.1 Å². The first-order valence-electron chi connectivity index (χ1n) is 7.36. The van der Waals surface area contributed by atoms with Gasteiger partial charge in [0.25, 0.3) is 0 Å². The predicted molar refractivity (Wildman–Crippen MR) is 91.9 cm³/mol. The largest absolute Gasteiger partial charge is 0.326 e. The molecule has 0 radical (unpaired) electrons. The zero-order valence-electron chi connectivity index (χ0n) is 12.7. The van der Waals surface area contributed by atoms with Crippen molar-refractivity contribution < 1.29 is 18.4 Å². The summed E-state index contributed by atoms with van der Waals surface area (Å²) < 4.78 is 26.2. The minimum Gasteiger partial charge on any atom is -0.326 e. The summed E-state index contributed by atoms with van der Waals surface area (Å²) in [5.74, 6) is -3.44. The zero-order chi connectivity index (χ0) is 18.1. The van der Waals surface area contributed by atoms with Gasteiger partial charge in [-0.25, -0.2) is 8.78 Å². The first kappa shape index (κ1) is 17.6. The number of nitrogens with zero attached hydrogens (tertiary/aromatic N) is 1. The topological polar surface area (TPSA) is 49.4 Å². The van der Waals surface area contributed by atoms with Crippen LogP contribution in [-0.2, 0) is 9.59 Å². The fourth-order valence-corrected chi connectivity index (χ4v) is 3.01. The number of hydrogen-bond donors (Lipinski definition) is 1. The summed E-state index contributed by atoms with van der Waals surface area (Å²) in [6.07, 6.45) is -0.0155. The molecule has 0 saturated carbocycles. The number of amides is 2. The van der Waals surface area contributed by atoms with E-state index in [0.29, 0.717) is 15.7 Å². The lowest BCUT2D eigenvalue weighted by Gasteiger charge is -2.18. The highest BCUT2D eigenvalue weighted by molar-refractivity contribution is 6.36. The number of carbonyl (C=O) groups is 2. The Bertz CT molecular complexity index is 861. The van der Waals surface area contributed by atoms with Gasteiger partial charge in [-0.3, -0.25) is 9.59 Å². The van der Waals surface area contributed by atoms with E-state index in [2.05, 4.69) is 5.32 Å². The highest BCUT2D eigenvalue weighted by Gasteiger charge is 2.36. The summed E-state index contributed by atoms with van der Waals surface area (Å²) in [6.45, 7) is 0.119. The summed E-state index contributed by atoms with van der Waals surface area (Å²) in [6, 6.07) is 7.77. The number of hydrogen-bond acceptors (Lipinski definition) is 2. The molecule has 2 amide bonds. The van der Waals surface area contributed by atoms with E-state index in [0.717, 1.165) is 12.1 Å². The molecule has 1 atom stereocenters. The molecule has 4 nitrogen and oxygen atoms in total. The van der Waals surface area contributed by atoms with Crippen LogP contribution >= 0.6 is 23.2 Å². The van der Waals surface area contributed by atoms with Gasteiger partial charge in [0.05, 0.1) is 16.6 Å². The first-order valence-corrected chi connectivity index (χ1v) is 8.12. The van der Waals surface area contributed by atoms with Crippen LogP contribution in [0.2, 0.25) is 10.0 Å². The molecule has 8 heteroatoms. The molecule has 2 aromatic rings. The minimum absolute atomic E-state index is 0.0155. The average Bonchev–Trinajstić information content (AvgIpc) is 2.95. The molecule has 1 aliphatic rings. The monoisotopic (exact) mass is 384 g/mol.